The van der Waals surface area contributed by atoms with Gasteiger partial charge in [-0.25, -0.2) is 0 Å². The first-order chi connectivity index (χ1) is 9.06. The molecule has 0 saturated carbocycles. The highest BCUT2D eigenvalue weighted by atomic mass is 16.5. The third-order valence-electron chi connectivity index (χ3n) is 4.10. The van der Waals surface area contributed by atoms with Crippen molar-refractivity contribution in [3.05, 3.63) is 0 Å². The normalized spacial score (nSPS) is 28.4. The molecule has 5 nitrogen and oxygen atoms in total. The fourth-order valence-electron chi connectivity index (χ4n) is 3.06. The Hall–Kier alpha value is -0.650. The van der Waals surface area contributed by atoms with Crippen LogP contribution in [0.2, 0.25) is 0 Å². The molecule has 2 rings (SSSR count). The van der Waals surface area contributed by atoms with Crippen molar-refractivity contribution in [3.63, 3.8) is 0 Å². The highest BCUT2D eigenvalue weighted by Gasteiger charge is 2.29. The summed E-state index contributed by atoms with van der Waals surface area (Å²) in [5.41, 5.74) is 5.69. The molecule has 1 amide bonds. The summed E-state index contributed by atoms with van der Waals surface area (Å²) in [5, 5.41) is 0. The number of hydrogen-bond donors (Lipinski definition) is 1. The number of nitrogens with zero attached hydrogens (tertiary/aromatic N) is 2. The molecule has 0 aromatic heterocycles. The Morgan fingerprint density at radius 1 is 1.37 bits per heavy atom. The minimum atomic E-state index is -0.0367. The number of likely N-dealkylation sites (tertiary alicyclic amines) is 1. The minimum absolute atomic E-state index is 0.0367. The number of rotatable bonds is 3. The monoisotopic (exact) mass is 269 g/mol. The Labute approximate surface area is 116 Å². The number of hydrogen-bond acceptors (Lipinski definition) is 4. The average Bonchev–Trinajstić information content (AvgIpc) is 2.38. The van der Waals surface area contributed by atoms with Crippen LogP contribution in [0.5, 0.6) is 0 Å². The molecule has 2 aliphatic heterocycles. The minimum Gasteiger partial charge on any atom is -0.376 e. The summed E-state index contributed by atoms with van der Waals surface area (Å²) in [6.45, 7) is 8.67. The van der Waals surface area contributed by atoms with Crippen LogP contribution in [0, 0.1) is 0 Å². The lowest BCUT2D eigenvalue weighted by molar-refractivity contribution is -0.133. The second-order valence-electron chi connectivity index (χ2n) is 5.97. The zero-order valence-corrected chi connectivity index (χ0v) is 12.2. The van der Waals surface area contributed by atoms with Crippen LogP contribution in [-0.4, -0.2) is 66.7 Å². The Bertz CT molecular complexity index is 301. The molecule has 5 heteroatoms. The summed E-state index contributed by atoms with van der Waals surface area (Å²) < 4.78 is 5.58. The van der Waals surface area contributed by atoms with Crippen LogP contribution >= 0.6 is 0 Å². The SMILES string of the molecule is CC(N)CC(=O)N1CCC(N2CCOC(C)C2)CC1. The summed E-state index contributed by atoms with van der Waals surface area (Å²) >= 11 is 0. The molecule has 2 N–H and O–H groups in total. The molecule has 0 aliphatic carbocycles. The van der Waals surface area contributed by atoms with Crippen molar-refractivity contribution in [2.45, 2.75) is 51.3 Å². The molecule has 2 unspecified atom stereocenters. The maximum Gasteiger partial charge on any atom is 0.224 e. The Kier molecular flexibility index (Phi) is 5.19. The molecule has 2 saturated heterocycles. The van der Waals surface area contributed by atoms with Gasteiger partial charge in [0.25, 0.3) is 0 Å². The van der Waals surface area contributed by atoms with Crippen LogP contribution < -0.4 is 5.73 Å². The van der Waals surface area contributed by atoms with Gasteiger partial charge in [0.15, 0.2) is 0 Å². The molecule has 0 aromatic rings. The zero-order valence-electron chi connectivity index (χ0n) is 12.2. The number of nitrogens with two attached hydrogens (primary N) is 1. The Morgan fingerprint density at radius 3 is 2.63 bits per heavy atom. The highest BCUT2D eigenvalue weighted by molar-refractivity contribution is 5.76. The van der Waals surface area contributed by atoms with E-state index >= 15 is 0 Å². The Balaban J connectivity index is 1.77. The summed E-state index contributed by atoms with van der Waals surface area (Å²) in [5.74, 6) is 0.212. The van der Waals surface area contributed by atoms with Gasteiger partial charge in [0.1, 0.15) is 0 Å². The van der Waals surface area contributed by atoms with E-state index in [0.717, 1.165) is 45.6 Å². The molecule has 110 valence electrons. The second kappa shape index (κ2) is 6.68. The zero-order chi connectivity index (χ0) is 13.8. The largest absolute Gasteiger partial charge is 0.376 e. The molecular formula is C14H27N3O2. The number of carbonyl (C=O) groups is 1. The van der Waals surface area contributed by atoms with Gasteiger partial charge in [0.2, 0.25) is 5.91 Å². The van der Waals surface area contributed by atoms with Gasteiger partial charge in [0, 0.05) is 44.7 Å². The number of piperidine rings is 1. The van der Waals surface area contributed by atoms with Crippen LogP contribution in [0.1, 0.15) is 33.1 Å². The summed E-state index contributed by atoms with van der Waals surface area (Å²) in [6.07, 6.45) is 2.97. The van der Waals surface area contributed by atoms with Gasteiger partial charge in [-0.05, 0) is 26.7 Å². The van der Waals surface area contributed by atoms with Gasteiger partial charge in [-0.15, -0.1) is 0 Å². The first kappa shape index (κ1) is 14.8. The molecule has 2 fully saturated rings. The van der Waals surface area contributed by atoms with Crippen molar-refractivity contribution in [3.8, 4) is 0 Å². The van der Waals surface area contributed by atoms with E-state index in [1.165, 1.54) is 0 Å². The summed E-state index contributed by atoms with van der Waals surface area (Å²) in [4.78, 5) is 16.5. The first-order valence-electron chi connectivity index (χ1n) is 7.45. The fourth-order valence-corrected chi connectivity index (χ4v) is 3.06. The van der Waals surface area contributed by atoms with Gasteiger partial charge in [-0.3, -0.25) is 9.69 Å². The molecule has 0 aromatic carbocycles. The van der Waals surface area contributed by atoms with Crippen molar-refractivity contribution in [2.24, 2.45) is 5.73 Å². The summed E-state index contributed by atoms with van der Waals surface area (Å²) in [6, 6.07) is 0.580. The van der Waals surface area contributed by atoms with E-state index in [0.29, 0.717) is 18.6 Å². The van der Waals surface area contributed by atoms with Crippen molar-refractivity contribution < 1.29 is 9.53 Å². The second-order valence-corrected chi connectivity index (χ2v) is 5.97. The van der Waals surface area contributed by atoms with Gasteiger partial charge in [-0.1, -0.05) is 0 Å². The van der Waals surface area contributed by atoms with Gasteiger partial charge in [0.05, 0.1) is 12.7 Å². The predicted molar refractivity (Wildman–Crippen MR) is 74.9 cm³/mol. The molecule has 0 radical (unpaired) electrons. The van der Waals surface area contributed by atoms with Gasteiger partial charge < -0.3 is 15.4 Å². The van der Waals surface area contributed by atoms with Crippen molar-refractivity contribution in [2.75, 3.05) is 32.8 Å². The molecule has 19 heavy (non-hydrogen) atoms. The number of carbonyl (C=O) groups excluding carboxylic acids is 1. The fraction of sp³-hybridized carbons (Fsp3) is 0.929. The van der Waals surface area contributed by atoms with E-state index in [2.05, 4.69) is 11.8 Å². The molecule has 2 aliphatic rings. The quantitative estimate of drug-likeness (QED) is 0.807. The topological polar surface area (TPSA) is 58.8 Å². The molecular weight excluding hydrogens is 242 g/mol. The average molecular weight is 269 g/mol. The number of ether oxygens (including phenoxy) is 1. The van der Waals surface area contributed by atoms with Crippen LogP contribution in [0.25, 0.3) is 0 Å². The van der Waals surface area contributed by atoms with Crippen LogP contribution in [0.15, 0.2) is 0 Å². The molecule has 0 bridgehead atoms. The standard InChI is InChI=1S/C14H27N3O2/c1-11(15)9-14(18)16-5-3-13(4-6-16)17-7-8-19-12(2)10-17/h11-13H,3-10,15H2,1-2H3. The lowest BCUT2D eigenvalue weighted by atomic mass is 10.0. The third-order valence-corrected chi connectivity index (χ3v) is 4.10. The lowest BCUT2D eigenvalue weighted by Gasteiger charge is -2.41. The van der Waals surface area contributed by atoms with E-state index in [1.807, 2.05) is 11.8 Å². The van der Waals surface area contributed by atoms with E-state index in [1.54, 1.807) is 0 Å². The number of morpholine rings is 1. The van der Waals surface area contributed by atoms with E-state index in [-0.39, 0.29) is 11.9 Å². The summed E-state index contributed by atoms with van der Waals surface area (Å²) in [7, 11) is 0. The van der Waals surface area contributed by atoms with Gasteiger partial charge in [-0.2, -0.15) is 0 Å². The maximum atomic E-state index is 12.0. The van der Waals surface area contributed by atoms with Crippen LogP contribution in [0.3, 0.4) is 0 Å². The predicted octanol–water partition coefficient (Wildman–Crippen LogP) is 0.435. The molecule has 2 atom stereocenters. The smallest absolute Gasteiger partial charge is 0.224 e. The van der Waals surface area contributed by atoms with Crippen LogP contribution in [0.4, 0.5) is 0 Å². The molecule has 0 spiro atoms. The Morgan fingerprint density at radius 2 is 2.05 bits per heavy atom. The highest BCUT2D eigenvalue weighted by Crippen LogP contribution is 2.19. The van der Waals surface area contributed by atoms with Crippen molar-refractivity contribution >= 4 is 5.91 Å². The van der Waals surface area contributed by atoms with E-state index < -0.39 is 0 Å². The lowest BCUT2D eigenvalue weighted by Crippen LogP contribution is -2.52. The number of amides is 1. The van der Waals surface area contributed by atoms with Gasteiger partial charge >= 0.3 is 0 Å². The van der Waals surface area contributed by atoms with Crippen molar-refractivity contribution in [1.29, 1.82) is 0 Å². The van der Waals surface area contributed by atoms with Crippen molar-refractivity contribution in [1.82, 2.24) is 9.80 Å². The maximum absolute atomic E-state index is 12.0. The van der Waals surface area contributed by atoms with E-state index in [4.69, 9.17) is 10.5 Å². The molecule has 2 heterocycles. The first-order valence-corrected chi connectivity index (χ1v) is 7.45. The van der Waals surface area contributed by atoms with E-state index in [9.17, 15) is 4.79 Å². The third kappa shape index (κ3) is 4.16. The van der Waals surface area contributed by atoms with Crippen LogP contribution in [-0.2, 0) is 9.53 Å².